The molecule has 0 unspecified atom stereocenters. The molecule has 4 heterocycles. The molecule has 260 valence electrons. The lowest BCUT2D eigenvalue weighted by Gasteiger charge is -2.29. The third-order valence-electron chi connectivity index (χ3n) is 9.48. The van der Waals surface area contributed by atoms with Crippen LogP contribution in [0.25, 0.3) is 22.2 Å². The molecule has 4 amide bonds. The number of imidazole rings is 2. The van der Waals surface area contributed by atoms with Crippen LogP contribution < -0.4 is 5.32 Å². The number of methoxy groups -OCH3 is 1. The number of carboxylic acid groups (broad SMARTS) is 1. The Morgan fingerprint density at radius 2 is 1.72 bits per heavy atom. The number of H-pyrrole nitrogens is 1. The van der Waals surface area contributed by atoms with Gasteiger partial charge in [-0.15, -0.1) is 0 Å². The third kappa shape index (κ3) is 6.98. The van der Waals surface area contributed by atoms with Crippen LogP contribution in [-0.4, -0.2) is 103 Å². The second kappa shape index (κ2) is 14.3. The maximum absolute atomic E-state index is 13.2. The molecule has 4 aromatic rings. The Kier molecular flexibility index (Phi) is 9.76. The number of amides is 4. The lowest BCUT2D eigenvalue weighted by Crippen LogP contribution is -2.47. The number of likely N-dealkylation sites (tertiary alicyclic amines) is 2. The Labute approximate surface area is 289 Å². The van der Waals surface area contributed by atoms with Crippen molar-refractivity contribution in [1.82, 2.24) is 39.5 Å². The summed E-state index contributed by atoms with van der Waals surface area (Å²) >= 11 is 0. The summed E-state index contributed by atoms with van der Waals surface area (Å²) < 4.78 is 6.51. The predicted molar refractivity (Wildman–Crippen MR) is 184 cm³/mol. The fourth-order valence-corrected chi connectivity index (χ4v) is 6.56. The molecule has 50 heavy (non-hydrogen) atoms. The van der Waals surface area contributed by atoms with Crippen molar-refractivity contribution < 1.29 is 29.0 Å². The van der Waals surface area contributed by atoms with Crippen molar-refractivity contribution in [2.24, 2.45) is 0 Å². The van der Waals surface area contributed by atoms with Gasteiger partial charge in [0.05, 0.1) is 30.5 Å². The van der Waals surface area contributed by atoms with E-state index in [1.54, 1.807) is 30.0 Å². The Hall–Kier alpha value is -5.84. The second-order valence-electron chi connectivity index (χ2n) is 12.7. The molecule has 2 aliphatic heterocycles. The zero-order valence-corrected chi connectivity index (χ0v) is 28.4. The van der Waals surface area contributed by atoms with Crippen LogP contribution in [0.5, 0.6) is 0 Å². The van der Waals surface area contributed by atoms with E-state index < -0.39 is 24.3 Å². The fraction of sp³-hybridized carbons (Fsp3) is 0.389. The Morgan fingerprint density at radius 1 is 1.00 bits per heavy atom. The summed E-state index contributed by atoms with van der Waals surface area (Å²) in [6, 6.07) is 12.2. The molecule has 0 aliphatic carbocycles. The summed E-state index contributed by atoms with van der Waals surface area (Å²) in [6.07, 6.45) is 4.70. The van der Waals surface area contributed by atoms with Gasteiger partial charge in [0.1, 0.15) is 29.8 Å². The molecular formula is C36H40N8O6. The number of ether oxygens (including phenoxy) is 1. The maximum Gasteiger partial charge on any atom is 0.407 e. The summed E-state index contributed by atoms with van der Waals surface area (Å²) in [5.74, 6) is 6.56. The Bertz CT molecular complexity index is 1970. The van der Waals surface area contributed by atoms with E-state index in [1.165, 1.54) is 14.2 Å². The van der Waals surface area contributed by atoms with E-state index in [9.17, 15) is 24.3 Å². The number of alkyl carbamates (subject to hydrolysis) is 1. The smallest absolute Gasteiger partial charge is 0.407 e. The lowest BCUT2D eigenvalue weighted by atomic mass is 10.0. The van der Waals surface area contributed by atoms with Crippen molar-refractivity contribution in [3.05, 3.63) is 72.1 Å². The number of aromatic amines is 1. The van der Waals surface area contributed by atoms with Crippen molar-refractivity contribution in [3.63, 3.8) is 0 Å². The normalized spacial score (nSPS) is 18.3. The number of benzene rings is 2. The van der Waals surface area contributed by atoms with E-state index in [0.29, 0.717) is 24.6 Å². The topological polar surface area (TPSA) is 166 Å². The Morgan fingerprint density at radius 3 is 2.46 bits per heavy atom. The summed E-state index contributed by atoms with van der Waals surface area (Å²) in [6.45, 7) is 4.38. The van der Waals surface area contributed by atoms with Crippen molar-refractivity contribution >= 4 is 35.0 Å². The van der Waals surface area contributed by atoms with Crippen LogP contribution in [0, 0.1) is 11.8 Å². The number of rotatable bonds is 7. The first kappa shape index (κ1) is 34.0. The monoisotopic (exact) mass is 680 g/mol. The standard InChI is InChI=1S/C36H40N8O6/c1-22(38-35(47)50-4)33(45)44-18-6-8-31(44)42-20-27(37-21-42)15-11-24-9-12-25(13-10-24)26-14-16-28-29(19-26)40-32(39-28)30-7-5-17-43(30)34(46)23(2)41(3)36(48)49/h9-10,12-14,16,19-23,30-31H,5-8,17-18H2,1-4H3,(H,38,47)(H,39,40)(H,48,49)/t22-,23-,30-,31-/m0/s1. The number of likely N-dealkylation sites (N-methyl/N-ethyl adjacent to an activating group) is 1. The molecule has 14 heteroatoms. The molecule has 2 fully saturated rings. The van der Waals surface area contributed by atoms with Gasteiger partial charge in [-0.25, -0.2) is 19.6 Å². The first-order valence-corrected chi connectivity index (χ1v) is 16.6. The third-order valence-corrected chi connectivity index (χ3v) is 9.48. The van der Waals surface area contributed by atoms with Gasteiger partial charge in [0.25, 0.3) is 0 Å². The molecule has 2 aliphatic rings. The number of carbonyl (C=O) groups excluding carboxylic acids is 3. The van der Waals surface area contributed by atoms with E-state index in [4.69, 9.17) is 4.98 Å². The van der Waals surface area contributed by atoms with Gasteiger partial charge in [-0.2, -0.15) is 0 Å². The molecule has 0 saturated carbocycles. The molecule has 2 aromatic heterocycles. The summed E-state index contributed by atoms with van der Waals surface area (Å²) in [5, 5.41) is 11.9. The average molecular weight is 681 g/mol. The van der Waals surface area contributed by atoms with Crippen LogP contribution >= 0.6 is 0 Å². The van der Waals surface area contributed by atoms with Gasteiger partial charge in [0.15, 0.2) is 0 Å². The predicted octanol–water partition coefficient (Wildman–Crippen LogP) is 4.35. The highest BCUT2D eigenvalue weighted by Gasteiger charge is 2.36. The number of hydrogen-bond acceptors (Lipinski definition) is 7. The van der Waals surface area contributed by atoms with Gasteiger partial charge in [0, 0.05) is 31.9 Å². The molecule has 14 nitrogen and oxygen atoms in total. The number of fused-ring (bicyclic) bond motifs is 1. The highest BCUT2D eigenvalue weighted by molar-refractivity contribution is 5.87. The van der Waals surface area contributed by atoms with E-state index in [1.807, 2.05) is 53.2 Å². The first-order chi connectivity index (χ1) is 24.0. The molecule has 6 rings (SSSR count). The van der Waals surface area contributed by atoms with E-state index >= 15 is 0 Å². The minimum atomic E-state index is -1.14. The molecule has 2 aromatic carbocycles. The number of aromatic nitrogens is 4. The number of nitrogens with one attached hydrogen (secondary N) is 2. The van der Waals surface area contributed by atoms with Gasteiger partial charge in [0.2, 0.25) is 11.8 Å². The second-order valence-corrected chi connectivity index (χ2v) is 12.7. The van der Waals surface area contributed by atoms with Crippen molar-refractivity contribution in [2.75, 3.05) is 27.2 Å². The van der Waals surface area contributed by atoms with Gasteiger partial charge in [-0.1, -0.05) is 24.1 Å². The lowest BCUT2D eigenvalue weighted by molar-refractivity contribution is -0.136. The van der Waals surface area contributed by atoms with Gasteiger partial charge in [-0.3, -0.25) is 14.5 Å². The van der Waals surface area contributed by atoms with Crippen LogP contribution in [0.15, 0.2) is 55.0 Å². The molecular weight excluding hydrogens is 640 g/mol. The van der Waals surface area contributed by atoms with E-state index in [0.717, 1.165) is 58.3 Å². The van der Waals surface area contributed by atoms with E-state index in [-0.39, 0.29) is 24.0 Å². The maximum atomic E-state index is 13.2. The molecule has 4 atom stereocenters. The van der Waals surface area contributed by atoms with Gasteiger partial charge >= 0.3 is 12.2 Å². The van der Waals surface area contributed by atoms with Crippen molar-refractivity contribution in [3.8, 4) is 23.0 Å². The number of carbonyl (C=O) groups is 4. The zero-order chi connectivity index (χ0) is 35.5. The van der Waals surface area contributed by atoms with Gasteiger partial charge in [-0.05, 0) is 80.8 Å². The molecule has 0 radical (unpaired) electrons. The minimum absolute atomic E-state index is 0.184. The van der Waals surface area contributed by atoms with E-state index in [2.05, 4.69) is 31.9 Å². The fourth-order valence-electron chi connectivity index (χ4n) is 6.56. The zero-order valence-electron chi connectivity index (χ0n) is 28.4. The number of nitrogens with zero attached hydrogens (tertiary/aromatic N) is 6. The van der Waals surface area contributed by atoms with Crippen LogP contribution in [0.1, 0.15) is 68.8 Å². The minimum Gasteiger partial charge on any atom is -0.465 e. The van der Waals surface area contributed by atoms with Gasteiger partial charge < -0.3 is 34.5 Å². The van der Waals surface area contributed by atoms with Crippen LogP contribution in [0.4, 0.5) is 9.59 Å². The van der Waals surface area contributed by atoms with Crippen molar-refractivity contribution in [2.45, 2.75) is 63.8 Å². The summed E-state index contributed by atoms with van der Waals surface area (Å²) in [5.41, 5.74) is 5.04. The Balaban J connectivity index is 1.12. The largest absolute Gasteiger partial charge is 0.465 e. The highest BCUT2D eigenvalue weighted by atomic mass is 16.5. The SMILES string of the molecule is COC(=O)N[C@@H](C)C(=O)N1CCC[C@H]1n1cnc(C#Cc2ccc(-c3ccc4nc([C@@H]5CCCN5C(=O)[C@H](C)N(C)C(=O)O)[nH]c4c3)cc2)c1. The molecule has 2 saturated heterocycles. The van der Waals surface area contributed by atoms with Crippen molar-refractivity contribution in [1.29, 1.82) is 0 Å². The molecule has 3 N–H and O–H groups in total. The van der Waals surface area contributed by atoms with Crippen LogP contribution in [0.2, 0.25) is 0 Å². The first-order valence-electron chi connectivity index (χ1n) is 16.6. The summed E-state index contributed by atoms with van der Waals surface area (Å²) in [7, 11) is 2.66. The molecule has 0 bridgehead atoms. The highest BCUT2D eigenvalue weighted by Crippen LogP contribution is 2.33. The average Bonchev–Trinajstić information content (AvgIpc) is 3.95. The number of hydrogen-bond donors (Lipinski definition) is 3. The van der Waals surface area contributed by atoms with Crippen LogP contribution in [0.3, 0.4) is 0 Å². The van der Waals surface area contributed by atoms with Crippen LogP contribution in [-0.2, 0) is 14.3 Å². The molecule has 0 spiro atoms. The summed E-state index contributed by atoms with van der Waals surface area (Å²) in [4.78, 5) is 66.3. The quantitative estimate of drug-likeness (QED) is 0.242.